The summed E-state index contributed by atoms with van der Waals surface area (Å²) < 4.78 is 4.64. The molecule has 0 saturated heterocycles. The van der Waals surface area contributed by atoms with Gasteiger partial charge in [-0.25, -0.2) is 0 Å². The molecule has 0 rings (SSSR count). The molecule has 1 unspecified atom stereocenters. The average Bonchev–Trinajstić information content (AvgIpc) is 1.97. The number of aliphatic hydroxyl groups is 1. The van der Waals surface area contributed by atoms with E-state index in [2.05, 4.69) is 10.1 Å². The van der Waals surface area contributed by atoms with Crippen molar-refractivity contribution in [1.82, 2.24) is 5.32 Å². The third-order valence-electron chi connectivity index (χ3n) is 1.13. The first kappa shape index (κ1) is 10.3. The molecule has 1 atom stereocenters. The summed E-state index contributed by atoms with van der Waals surface area (Å²) in [4.78, 5) is 10.4. The third-order valence-corrected chi connectivity index (χ3v) is 1.13. The fourth-order valence-corrected chi connectivity index (χ4v) is 0.623. The average molecular weight is 163 g/mol. The second kappa shape index (κ2) is 6.09. The molecule has 0 spiro atoms. The predicted molar refractivity (Wildman–Crippen MR) is 38.4 cm³/mol. The van der Waals surface area contributed by atoms with Crippen LogP contribution in [0.1, 0.15) is 0 Å². The minimum Gasteiger partial charge on any atom is -0.480 e. The molecule has 0 aromatic rings. The number of rotatable bonds is 6. The lowest BCUT2D eigenvalue weighted by atomic mass is 10.3. The van der Waals surface area contributed by atoms with Crippen LogP contribution in [0.4, 0.5) is 0 Å². The van der Waals surface area contributed by atoms with Gasteiger partial charge < -0.3 is 20.3 Å². The standard InChI is InChI=1S/C6H13NO4/c1-11-4-5(6(9)10)7-2-3-8/h5,7-8H,2-4H2,1H3,(H,9,10). The van der Waals surface area contributed by atoms with Gasteiger partial charge in [0.1, 0.15) is 6.04 Å². The fraction of sp³-hybridized carbons (Fsp3) is 0.833. The van der Waals surface area contributed by atoms with Crippen molar-refractivity contribution in [3.05, 3.63) is 0 Å². The van der Waals surface area contributed by atoms with E-state index in [4.69, 9.17) is 10.2 Å². The van der Waals surface area contributed by atoms with Crippen LogP contribution in [0.5, 0.6) is 0 Å². The van der Waals surface area contributed by atoms with E-state index in [1.165, 1.54) is 7.11 Å². The van der Waals surface area contributed by atoms with E-state index in [0.717, 1.165) is 0 Å². The molecule has 11 heavy (non-hydrogen) atoms. The summed E-state index contributed by atoms with van der Waals surface area (Å²) in [7, 11) is 1.43. The number of carbonyl (C=O) groups is 1. The van der Waals surface area contributed by atoms with Gasteiger partial charge in [-0.1, -0.05) is 0 Å². The van der Waals surface area contributed by atoms with Crippen LogP contribution >= 0.6 is 0 Å². The zero-order valence-electron chi connectivity index (χ0n) is 6.41. The molecular weight excluding hydrogens is 150 g/mol. The highest BCUT2D eigenvalue weighted by Crippen LogP contribution is 1.83. The van der Waals surface area contributed by atoms with Crippen molar-refractivity contribution in [3.63, 3.8) is 0 Å². The minimum atomic E-state index is -0.972. The van der Waals surface area contributed by atoms with Crippen molar-refractivity contribution < 1.29 is 19.7 Å². The third kappa shape index (κ3) is 4.72. The van der Waals surface area contributed by atoms with E-state index >= 15 is 0 Å². The van der Waals surface area contributed by atoms with Crippen LogP contribution in [-0.2, 0) is 9.53 Å². The van der Waals surface area contributed by atoms with Crippen LogP contribution in [0.15, 0.2) is 0 Å². The number of carboxylic acids is 1. The summed E-state index contributed by atoms with van der Waals surface area (Å²) >= 11 is 0. The van der Waals surface area contributed by atoms with Crippen LogP contribution in [0.2, 0.25) is 0 Å². The molecule has 0 fully saturated rings. The Hall–Kier alpha value is -0.650. The maximum Gasteiger partial charge on any atom is 0.323 e. The quantitative estimate of drug-likeness (QED) is 0.452. The van der Waals surface area contributed by atoms with E-state index in [0.29, 0.717) is 0 Å². The molecule has 0 aliphatic rings. The Kier molecular flexibility index (Phi) is 5.73. The minimum absolute atomic E-state index is 0.0759. The highest BCUT2D eigenvalue weighted by Gasteiger charge is 2.14. The lowest BCUT2D eigenvalue weighted by Gasteiger charge is -2.11. The molecule has 5 nitrogen and oxygen atoms in total. The number of aliphatic hydroxyl groups excluding tert-OH is 1. The van der Waals surface area contributed by atoms with Crippen molar-refractivity contribution in [2.45, 2.75) is 6.04 Å². The molecular formula is C6H13NO4. The van der Waals surface area contributed by atoms with Crippen LogP contribution in [0, 0.1) is 0 Å². The molecule has 0 saturated carbocycles. The first-order chi connectivity index (χ1) is 5.22. The first-order valence-electron chi connectivity index (χ1n) is 3.28. The fourth-order valence-electron chi connectivity index (χ4n) is 0.623. The van der Waals surface area contributed by atoms with Crippen molar-refractivity contribution in [2.24, 2.45) is 0 Å². The van der Waals surface area contributed by atoms with Gasteiger partial charge in [0.2, 0.25) is 0 Å². The Balaban J connectivity index is 3.60. The predicted octanol–water partition coefficient (Wildman–Crippen LogP) is -1.33. The Bertz CT molecular complexity index is 117. The molecule has 0 heterocycles. The van der Waals surface area contributed by atoms with Gasteiger partial charge in [-0.05, 0) is 0 Å². The number of methoxy groups -OCH3 is 1. The highest BCUT2D eigenvalue weighted by atomic mass is 16.5. The smallest absolute Gasteiger partial charge is 0.323 e. The monoisotopic (exact) mass is 163 g/mol. The lowest BCUT2D eigenvalue weighted by molar-refractivity contribution is -0.140. The number of hydrogen-bond acceptors (Lipinski definition) is 4. The first-order valence-corrected chi connectivity index (χ1v) is 3.28. The molecule has 0 aliphatic carbocycles. The van der Waals surface area contributed by atoms with Crippen molar-refractivity contribution >= 4 is 5.97 Å². The summed E-state index contributed by atoms with van der Waals surface area (Å²) in [6.07, 6.45) is 0. The van der Waals surface area contributed by atoms with Crippen LogP contribution in [0.3, 0.4) is 0 Å². The largest absolute Gasteiger partial charge is 0.480 e. The Morgan fingerprint density at radius 3 is 2.73 bits per heavy atom. The van der Waals surface area contributed by atoms with Gasteiger partial charge in [-0.3, -0.25) is 4.79 Å². The van der Waals surface area contributed by atoms with E-state index in [1.807, 2.05) is 0 Å². The van der Waals surface area contributed by atoms with Crippen molar-refractivity contribution in [1.29, 1.82) is 0 Å². The topological polar surface area (TPSA) is 78.8 Å². The summed E-state index contributed by atoms with van der Waals surface area (Å²) in [6.45, 7) is 0.295. The SMILES string of the molecule is COCC(NCCO)C(=O)O. The van der Waals surface area contributed by atoms with Gasteiger partial charge in [0.05, 0.1) is 13.2 Å². The molecule has 0 amide bonds. The number of carboxylic acid groups (broad SMARTS) is 1. The van der Waals surface area contributed by atoms with Gasteiger partial charge in [-0.15, -0.1) is 0 Å². The summed E-state index contributed by atoms with van der Waals surface area (Å²) in [5.41, 5.74) is 0. The summed E-state index contributed by atoms with van der Waals surface area (Å²) in [5.74, 6) is -0.972. The van der Waals surface area contributed by atoms with Crippen molar-refractivity contribution in [3.8, 4) is 0 Å². The molecule has 66 valence electrons. The molecule has 0 radical (unpaired) electrons. The van der Waals surface area contributed by atoms with E-state index in [-0.39, 0.29) is 19.8 Å². The van der Waals surface area contributed by atoms with Crippen LogP contribution < -0.4 is 5.32 Å². The van der Waals surface area contributed by atoms with E-state index in [1.54, 1.807) is 0 Å². The molecule has 3 N–H and O–H groups in total. The number of nitrogens with one attached hydrogen (secondary N) is 1. The van der Waals surface area contributed by atoms with Gasteiger partial charge in [0.25, 0.3) is 0 Å². The number of ether oxygens (including phenoxy) is 1. The van der Waals surface area contributed by atoms with E-state index in [9.17, 15) is 4.79 Å². The van der Waals surface area contributed by atoms with Gasteiger partial charge >= 0.3 is 5.97 Å². The van der Waals surface area contributed by atoms with Gasteiger partial charge in [-0.2, -0.15) is 0 Å². The lowest BCUT2D eigenvalue weighted by Crippen LogP contribution is -2.41. The second-order valence-electron chi connectivity index (χ2n) is 2.02. The zero-order chi connectivity index (χ0) is 8.69. The van der Waals surface area contributed by atoms with Gasteiger partial charge in [0.15, 0.2) is 0 Å². The number of aliphatic carboxylic acids is 1. The maximum atomic E-state index is 10.4. The number of hydrogen-bond donors (Lipinski definition) is 3. The Morgan fingerprint density at radius 1 is 1.73 bits per heavy atom. The maximum absolute atomic E-state index is 10.4. The van der Waals surface area contributed by atoms with Crippen molar-refractivity contribution in [2.75, 3.05) is 26.9 Å². The van der Waals surface area contributed by atoms with Gasteiger partial charge in [0, 0.05) is 13.7 Å². The van der Waals surface area contributed by atoms with Crippen LogP contribution in [0.25, 0.3) is 0 Å². The normalized spacial score (nSPS) is 12.9. The Labute approximate surface area is 65.0 Å². The second-order valence-corrected chi connectivity index (χ2v) is 2.02. The summed E-state index contributed by atoms with van der Waals surface area (Å²) in [6, 6.07) is -0.729. The molecule has 0 bridgehead atoms. The molecule has 0 aromatic heterocycles. The summed E-state index contributed by atoms with van der Waals surface area (Å²) in [5, 5.41) is 19.5. The zero-order valence-corrected chi connectivity index (χ0v) is 6.41. The van der Waals surface area contributed by atoms with Crippen LogP contribution in [-0.4, -0.2) is 49.1 Å². The molecule has 5 heteroatoms. The molecule has 0 aromatic carbocycles. The highest BCUT2D eigenvalue weighted by molar-refractivity contribution is 5.73. The Morgan fingerprint density at radius 2 is 2.36 bits per heavy atom. The van der Waals surface area contributed by atoms with E-state index < -0.39 is 12.0 Å². The molecule has 0 aliphatic heterocycles.